The molecule has 0 unspecified atom stereocenters. The number of aromatic amines is 1. The van der Waals surface area contributed by atoms with Gasteiger partial charge in [-0.15, -0.1) is 0 Å². The first kappa shape index (κ1) is 27.3. The van der Waals surface area contributed by atoms with Gasteiger partial charge in [-0.2, -0.15) is 23.5 Å². The number of nitrogens with zero attached hydrogens (tertiary/aromatic N) is 6. The van der Waals surface area contributed by atoms with Gasteiger partial charge in [-0.1, -0.05) is 0 Å². The smallest absolute Gasteiger partial charge is 0.378 e. The maximum Gasteiger partial charge on any atom is 0.423 e. The van der Waals surface area contributed by atoms with E-state index >= 15 is 0 Å². The van der Waals surface area contributed by atoms with E-state index in [1.54, 1.807) is 17.0 Å². The van der Waals surface area contributed by atoms with E-state index in [0.717, 1.165) is 12.0 Å². The van der Waals surface area contributed by atoms with Gasteiger partial charge < -0.3 is 25.2 Å². The Morgan fingerprint density at radius 2 is 2.00 bits per heavy atom. The number of ether oxygens (including phenoxy) is 1. The number of hydrogen-bond acceptors (Lipinski definition) is 9. The van der Waals surface area contributed by atoms with Crippen molar-refractivity contribution in [1.82, 2.24) is 20.1 Å². The molecule has 0 bridgehead atoms. The number of nitrogens with one attached hydrogen (secondary N) is 1. The molecule has 0 spiro atoms. The van der Waals surface area contributed by atoms with Crippen LogP contribution in [0.2, 0.25) is 0 Å². The van der Waals surface area contributed by atoms with Gasteiger partial charge in [0.15, 0.2) is 0 Å². The van der Waals surface area contributed by atoms with E-state index in [9.17, 15) is 22.8 Å². The summed E-state index contributed by atoms with van der Waals surface area (Å²) in [6.45, 7) is 2.76. The number of carbonyl (C=O) groups excluding carboxylic acids is 1. The highest BCUT2D eigenvalue weighted by atomic mass is 19.4. The molecule has 0 aliphatic carbocycles. The Morgan fingerprint density at radius 3 is 2.66 bits per heavy atom. The Balaban J connectivity index is 1.23. The summed E-state index contributed by atoms with van der Waals surface area (Å²) in [6.07, 6.45) is -0.956. The molecule has 4 heterocycles. The van der Waals surface area contributed by atoms with Gasteiger partial charge in [-0.05, 0) is 25.0 Å². The van der Waals surface area contributed by atoms with Crippen molar-refractivity contribution in [1.29, 1.82) is 5.26 Å². The second kappa shape index (κ2) is 11.8. The van der Waals surface area contributed by atoms with Crippen LogP contribution in [0.1, 0.15) is 30.4 Å². The summed E-state index contributed by atoms with van der Waals surface area (Å²) >= 11 is 0. The number of hydrogen-bond donors (Lipinski definition) is 2. The van der Waals surface area contributed by atoms with E-state index in [1.807, 2.05) is 16.1 Å². The Kier molecular flexibility index (Phi) is 8.48. The lowest BCUT2D eigenvalue weighted by atomic mass is 10.1. The minimum atomic E-state index is -4.81. The maximum atomic E-state index is 13.5. The zero-order valence-corrected chi connectivity index (χ0v) is 20.7. The normalized spacial score (nSPS) is 18.9. The average Bonchev–Trinajstić information content (AvgIpc) is 3.36. The topological polar surface area (TPSA) is 144 Å². The van der Waals surface area contributed by atoms with E-state index in [1.165, 1.54) is 11.1 Å². The Bertz CT molecular complexity index is 1210. The highest BCUT2D eigenvalue weighted by molar-refractivity contribution is 5.77. The fourth-order valence-corrected chi connectivity index (χ4v) is 4.80. The second-order valence-electron chi connectivity index (χ2n) is 9.33. The first-order valence-electron chi connectivity index (χ1n) is 12.3. The molecular weight excluding hydrogens is 505 g/mol. The van der Waals surface area contributed by atoms with Crippen molar-refractivity contribution in [3.8, 4) is 6.07 Å². The molecule has 2 aromatic rings. The van der Waals surface area contributed by atoms with Crippen LogP contribution in [-0.2, 0) is 15.7 Å². The Labute approximate surface area is 217 Å². The van der Waals surface area contributed by atoms with Crippen LogP contribution in [0.5, 0.6) is 0 Å². The van der Waals surface area contributed by atoms with Gasteiger partial charge in [0, 0.05) is 51.4 Å². The number of H-pyrrole nitrogens is 1. The first-order chi connectivity index (χ1) is 18.2. The van der Waals surface area contributed by atoms with Crippen LogP contribution in [0.15, 0.2) is 29.3 Å². The lowest BCUT2D eigenvalue weighted by Gasteiger charge is -2.35. The van der Waals surface area contributed by atoms with Crippen molar-refractivity contribution in [2.24, 2.45) is 5.73 Å². The number of amides is 1. The third-order valence-electron chi connectivity index (χ3n) is 6.72. The predicted molar refractivity (Wildman–Crippen MR) is 131 cm³/mol. The fourth-order valence-electron chi connectivity index (χ4n) is 4.80. The van der Waals surface area contributed by atoms with Crippen molar-refractivity contribution < 1.29 is 22.7 Å². The third-order valence-corrected chi connectivity index (χ3v) is 6.72. The summed E-state index contributed by atoms with van der Waals surface area (Å²) in [5, 5.41) is 14.3. The number of piperazine rings is 1. The zero-order valence-electron chi connectivity index (χ0n) is 20.7. The van der Waals surface area contributed by atoms with Crippen LogP contribution in [0.25, 0.3) is 0 Å². The molecule has 0 saturated carbocycles. The molecule has 11 nitrogen and oxygen atoms in total. The molecule has 0 aromatic carbocycles. The van der Waals surface area contributed by atoms with Crippen LogP contribution >= 0.6 is 0 Å². The van der Waals surface area contributed by atoms with Gasteiger partial charge in [0.25, 0.3) is 5.56 Å². The SMILES string of the molecule is N#Cc1ccc(N2CCN(C(=O)C[C@H](N)COC[C@@H]3CCCN3c3cn[nH]c(=O)c3C(F)(F)F)CC2)nc1. The van der Waals surface area contributed by atoms with E-state index in [4.69, 9.17) is 15.7 Å². The van der Waals surface area contributed by atoms with E-state index in [2.05, 4.69) is 10.1 Å². The fraction of sp³-hybridized carbons (Fsp3) is 0.542. The van der Waals surface area contributed by atoms with Gasteiger partial charge in [-0.25, -0.2) is 10.1 Å². The molecule has 38 heavy (non-hydrogen) atoms. The van der Waals surface area contributed by atoms with Crippen LogP contribution in [0.4, 0.5) is 24.7 Å². The van der Waals surface area contributed by atoms with Gasteiger partial charge in [0.2, 0.25) is 5.91 Å². The van der Waals surface area contributed by atoms with E-state index < -0.39 is 23.3 Å². The highest BCUT2D eigenvalue weighted by Crippen LogP contribution is 2.36. The molecule has 2 fully saturated rings. The highest BCUT2D eigenvalue weighted by Gasteiger charge is 2.40. The number of carbonyl (C=O) groups is 1. The van der Waals surface area contributed by atoms with Crippen LogP contribution in [0.3, 0.4) is 0 Å². The average molecular weight is 535 g/mol. The maximum absolute atomic E-state index is 13.5. The monoisotopic (exact) mass is 534 g/mol. The summed E-state index contributed by atoms with van der Waals surface area (Å²) in [7, 11) is 0. The molecule has 3 N–H and O–H groups in total. The third kappa shape index (κ3) is 6.40. The number of pyridine rings is 1. The van der Waals surface area contributed by atoms with Crippen molar-refractivity contribution >= 4 is 17.4 Å². The first-order valence-corrected chi connectivity index (χ1v) is 12.3. The molecule has 2 aliphatic heterocycles. The largest absolute Gasteiger partial charge is 0.423 e. The zero-order chi connectivity index (χ0) is 27.3. The minimum absolute atomic E-state index is 0.0744. The standard InChI is InChI=1S/C24H29F3N8O3/c25-24(26,27)22-19(13-31-32-23(22)37)35-5-1-2-18(35)15-38-14-17(29)10-21(36)34-8-6-33(7-9-34)20-4-3-16(11-28)12-30-20/h3-4,12-13,17-18H,1-2,5-10,14-15,29H2,(H,32,37)/t17-,18-/m0/s1. The Morgan fingerprint density at radius 1 is 1.24 bits per heavy atom. The van der Waals surface area contributed by atoms with Crippen LogP contribution < -0.4 is 21.1 Å². The summed E-state index contributed by atoms with van der Waals surface area (Å²) < 4.78 is 46.2. The lowest BCUT2D eigenvalue weighted by Crippen LogP contribution is -2.50. The molecule has 204 valence electrons. The van der Waals surface area contributed by atoms with Gasteiger partial charge in [0.1, 0.15) is 17.5 Å². The summed E-state index contributed by atoms with van der Waals surface area (Å²) in [4.78, 5) is 34.1. The van der Waals surface area contributed by atoms with Crippen molar-refractivity contribution in [2.75, 3.05) is 55.7 Å². The summed E-state index contributed by atoms with van der Waals surface area (Å²) in [5.41, 5.74) is 3.80. The number of nitrogens with two attached hydrogens (primary N) is 1. The number of aromatic nitrogens is 3. The van der Waals surface area contributed by atoms with Gasteiger partial charge in [-0.3, -0.25) is 9.59 Å². The second-order valence-corrected chi connectivity index (χ2v) is 9.33. The number of anilines is 2. The molecule has 2 aliphatic rings. The summed E-state index contributed by atoms with van der Waals surface area (Å²) in [5.74, 6) is 0.654. The number of nitriles is 1. The number of rotatable bonds is 8. The molecule has 14 heteroatoms. The summed E-state index contributed by atoms with van der Waals surface area (Å²) in [6, 6.07) is 4.58. The van der Waals surface area contributed by atoms with Gasteiger partial charge in [0.05, 0.1) is 36.7 Å². The molecule has 2 atom stereocenters. The van der Waals surface area contributed by atoms with Crippen molar-refractivity contribution in [2.45, 2.75) is 37.5 Å². The van der Waals surface area contributed by atoms with Crippen molar-refractivity contribution in [3.05, 3.63) is 46.0 Å². The molecule has 0 radical (unpaired) electrons. The lowest BCUT2D eigenvalue weighted by molar-refractivity contribution is -0.138. The molecule has 1 amide bonds. The molecule has 4 rings (SSSR count). The number of halogens is 3. The molecule has 2 saturated heterocycles. The predicted octanol–water partition coefficient (Wildman–Crippen LogP) is 1.11. The quantitative estimate of drug-likeness (QED) is 0.509. The van der Waals surface area contributed by atoms with Crippen LogP contribution in [0, 0.1) is 11.3 Å². The van der Waals surface area contributed by atoms with Crippen molar-refractivity contribution in [3.63, 3.8) is 0 Å². The molecular formula is C24H29F3N8O3. The minimum Gasteiger partial charge on any atom is -0.378 e. The molecule has 2 aromatic heterocycles. The van der Waals surface area contributed by atoms with E-state index in [-0.39, 0.29) is 37.3 Å². The number of alkyl halides is 3. The Hall–Kier alpha value is -3.70. The van der Waals surface area contributed by atoms with Crippen LogP contribution in [-0.4, -0.2) is 84.0 Å². The van der Waals surface area contributed by atoms with E-state index in [0.29, 0.717) is 51.1 Å². The van der Waals surface area contributed by atoms with Gasteiger partial charge >= 0.3 is 6.18 Å².